The number of hydrogen-bond donors (Lipinski definition) is 2. The molecule has 1 aliphatic rings. The van der Waals surface area contributed by atoms with Gasteiger partial charge in [0.2, 0.25) is 5.43 Å². The number of aryl methyl sites for hydroxylation is 2. The van der Waals surface area contributed by atoms with Gasteiger partial charge in [0, 0.05) is 11.9 Å². The first-order valence-corrected chi connectivity index (χ1v) is 8.09. The number of aromatic nitrogens is 1. The van der Waals surface area contributed by atoms with E-state index < -0.39 is 11.2 Å². The zero-order chi connectivity index (χ0) is 16.6. The number of H-pyrrole nitrogens is 1. The predicted molar refractivity (Wildman–Crippen MR) is 91.1 cm³/mol. The van der Waals surface area contributed by atoms with Gasteiger partial charge in [-0.1, -0.05) is 6.42 Å². The third kappa shape index (κ3) is 3.01. The van der Waals surface area contributed by atoms with Gasteiger partial charge in [-0.05, 0) is 63.0 Å². The molecule has 3 rings (SSSR count). The molecule has 0 atom stereocenters. The van der Waals surface area contributed by atoms with Gasteiger partial charge in [-0.25, -0.2) is 0 Å². The van der Waals surface area contributed by atoms with E-state index in [1.165, 1.54) is 6.42 Å². The molecule has 0 spiro atoms. The smallest absolute Gasteiger partial charge is 0.256 e. The van der Waals surface area contributed by atoms with Crippen molar-refractivity contribution in [1.29, 1.82) is 0 Å². The maximum atomic E-state index is 12.6. The van der Waals surface area contributed by atoms with Crippen molar-refractivity contribution in [1.82, 2.24) is 9.88 Å². The number of piperidine rings is 1. The number of rotatable bonds is 2. The Morgan fingerprint density at radius 1 is 1.09 bits per heavy atom. The van der Waals surface area contributed by atoms with E-state index in [-0.39, 0.29) is 11.1 Å². The molecule has 0 aliphatic carbocycles. The minimum absolute atomic E-state index is 0.170. The van der Waals surface area contributed by atoms with Crippen molar-refractivity contribution in [2.24, 2.45) is 0 Å². The van der Waals surface area contributed by atoms with Crippen LogP contribution in [-0.2, 0) is 6.54 Å². The molecule has 0 radical (unpaired) electrons. The van der Waals surface area contributed by atoms with Crippen LogP contribution in [0.2, 0.25) is 0 Å². The van der Waals surface area contributed by atoms with Gasteiger partial charge in [0.25, 0.3) is 5.56 Å². The number of likely N-dealkylation sites (tertiary alicyclic amines) is 1. The monoisotopic (exact) mass is 314 g/mol. The van der Waals surface area contributed by atoms with Gasteiger partial charge in [-0.15, -0.1) is 0 Å². The molecule has 2 heterocycles. The number of hydrogen-bond acceptors (Lipinski definition) is 4. The third-order valence-corrected chi connectivity index (χ3v) is 4.73. The lowest BCUT2D eigenvalue weighted by molar-refractivity contribution is 0.217. The number of benzene rings is 1. The Kier molecular flexibility index (Phi) is 4.22. The second-order valence-corrected chi connectivity index (χ2v) is 6.43. The first-order valence-electron chi connectivity index (χ1n) is 8.09. The molecular formula is C18H22N2O3. The summed E-state index contributed by atoms with van der Waals surface area (Å²) in [7, 11) is 0. The molecule has 0 bridgehead atoms. The highest BCUT2D eigenvalue weighted by atomic mass is 16.3. The van der Waals surface area contributed by atoms with Crippen molar-refractivity contribution in [3.8, 4) is 5.75 Å². The van der Waals surface area contributed by atoms with Gasteiger partial charge >= 0.3 is 0 Å². The van der Waals surface area contributed by atoms with Crippen LogP contribution in [0.4, 0.5) is 0 Å². The van der Waals surface area contributed by atoms with Gasteiger partial charge in [-0.2, -0.15) is 0 Å². The summed E-state index contributed by atoms with van der Waals surface area (Å²) in [5.74, 6) is -0.421. The fourth-order valence-corrected chi connectivity index (χ4v) is 3.17. The van der Waals surface area contributed by atoms with Crippen LogP contribution in [0.3, 0.4) is 0 Å². The molecule has 1 fully saturated rings. The standard InChI is InChI=1S/C18H22N2O3/c1-11-8-13-15(9-12(11)2)19-18(23)14(17(22)16(13)21)10-20-6-4-3-5-7-20/h8-9H,3-7,10H2,1-2H3,(H,19,23)(H,21,22). The lowest BCUT2D eigenvalue weighted by atomic mass is 10.1. The van der Waals surface area contributed by atoms with Crippen molar-refractivity contribution in [3.05, 3.63) is 49.4 Å². The molecule has 2 N–H and O–H groups in total. The van der Waals surface area contributed by atoms with Crippen LogP contribution in [0, 0.1) is 13.8 Å². The van der Waals surface area contributed by atoms with E-state index in [1.54, 1.807) is 12.1 Å². The maximum Gasteiger partial charge on any atom is 0.256 e. The molecule has 1 aromatic carbocycles. The van der Waals surface area contributed by atoms with Crippen LogP contribution in [0.15, 0.2) is 21.7 Å². The highest BCUT2D eigenvalue weighted by Crippen LogP contribution is 2.18. The van der Waals surface area contributed by atoms with Gasteiger partial charge in [0.1, 0.15) is 0 Å². The summed E-state index contributed by atoms with van der Waals surface area (Å²) in [4.78, 5) is 30.0. The Balaban J connectivity index is 2.19. The second kappa shape index (κ2) is 6.16. The van der Waals surface area contributed by atoms with Crippen LogP contribution in [-0.4, -0.2) is 28.1 Å². The number of aromatic amines is 1. The maximum absolute atomic E-state index is 12.6. The van der Waals surface area contributed by atoms with Crippen molar-refractivity contribution in [2.45, 2.75) is 39.7 Å². The number of fused-ring (bicyclic) bond motifs is 1. The largest absolute Gasteiger partial charge is 0.504 e. The summed E-state index contributed by atoms with van der Waals surface area (Å²) in [5, 5.41) is 10.7. The van der Waals surface area contributed by atoms with Crippen LogP contribution in [0.1, 0.15) is 36.0 Å². The normalized spacial score (nSPS) is 15.9. The van der Waals surface area contributed by atoms with Gasteiger partial charge in [0.05, 0.1) is 11.1 Å². The van der Waals surface area contributed by atoms with E-state index in [4.69, 9.17) is 0 Å². The summed E-state index contributed by atoms with van der Waals surface area (Å²) in [5.41, 5.74) is 1.73. The lowest BCUT2D eigenvalue weighted by Gasteiger charge is -2.25. The summed E-state index contributed by atoms with van der Waals surface area (Å²) < 4.78 is 0. The van der Waals surface area contributed by atoms with E-state index >= 15 is 0 Å². The van der Waals surface area contributed by atoms with Crippen LogP contribution < -0.4 is 11.0 Å². The number of nitrogens with zero attached hydrogens (tertiary/aromatic N) is 1. The Hall–Kier alpha value is -2.14. The van der Waals surface area contributed by atoms with E-state index in [1.807, 2.05) is 13.8 Å². The molecule has 5 nitrogen and oxygen atoms in total. The molecule has 122 valence electrons. The highest BCUT2D eigenvalue weighted by Gasteiger charge is 2.18. The molecule has 23 heavy (non-hydrogen) atoms. The summed E-state index contributed by atoms with van der Waals surface area (Å²) in [6.45, 7) is 5.94. The third-order valence-electron chi connectivity index (χ3n) is 4.73. The van der Waals surface area contributed by atoms with Crippen molar-refractivity contribution >= 4 is 10.9 Å². The summed E-state index contributed by atoms with van der Waals surface area (Å²) >= 11 is 0. The average molecular weight is 314 g/mol. The molecule has 0 saturated carbocycles. The van der Waals surface area contributed by atoms with Gasteiger partial charge in [-0.3, -0.25) is 14.5 Å². The topological polar surface area (TPSA) is 73.4 Å². The predicted octanol–water partition coefficient (Wildman–Crippen LogP) is 2.20. The Morgan fingerprint density at radius 2 is 1.74 bits per heavy atom. The molecule has 1 saturated heterocycles. The van der Waals surface area contributed by atoms with E-state index in [2.05, 4.69) is 9.88 Å². The van der Waals surface area contributed by atoms with Crippen LogP contribution in [0.5, 0.6) is 5.75 Å². The first kappa shape index (κ1) is 15.7. The van der Waals surface area contributed by atoms with E-state index in [9.17, 15) is 14.7 Å². The zero-order valence-electron chi connectivity index (χ0n) is 13.6. The van der Waals surface area contributed by atoms with Crippen molar-refractivity contribution < 1.29 is 5.11 Å². The Bertz CT molecular complexity index is 865. The molecule has 2 aromatic rings. The Labute approximate surface area is 134 Å². The minimum Gasteiger partial charge on any atom is -0.504 e. The van der Waals surface area contributed by atoms with E-state index in [0.29, 0.717) is 17.4 Å². The SMILES string of the molecule is Cc1cc2[nH]c(=O)c(CN3CCCCC3)c(O)c(=O)c2cc1C. The van der Waals surface area contributed by atoms with E-state index in [0.717, 1.165) is 37.1 Å². The van der Waals surface area contributed by atoms with Crippen molar-refractivity contribution in [3.63, 3.8) is 0 Å². The fourth-order valence-electron chi connectivity index (χ4n) is 3.17. The Morgan fingerprint density at radius 3 is 2.43 bits per heavy atom. The lowest BCUT2D eigenvalue weighted by Crippen LogP contribution is -2.31. The van der Waals surface area contributed by atoms with Crippen LogP contribution in [0.25, 0.3) is 10.9 Å². The first-order chi connectivity index (χ1) is 11.0. The van der Waals surface area contributed by atoms with Crippen molar-refractivity contribution in [2.75, 3.05) is 13.1 Å². The molecular weight excluding hydrogens is 292 g/mol. The van der Waals surface area contributed by atoms with Crippen LogP contribution >= 0.6 is 0 Å². The minimum atomic E-state index is -0.478. The fraction of sp³-hybridized carbons (Fsp3) is 0.444. The summed E-state index contributed by atoms with van der Waals surface area (Å²) in [6.07, 6.45) is 3.36. The molecule has 0 amide bonds. The molecule has 1 aliphatic heterocycles. The quantitative estimate of drug-likeness (QED) is 0.891. The molecule has 0 unspecified atom stereocenters. The summed E-state index contributed by atoms with van der Waals surface area (Å²) in [6, 6.07) is 3.52. The highest BCUT2D eigenvalue weighted by molar-refractivity contribution is 5.80. The number of aromatic hydroxyl groups is 1. The molecule has 5 heteroatoms. The zero-order valence-corrected chi connectivity index (χ0v) is 13.6. The number of nitrogens with one attached hydrogen (secondary N) is 1. The van der Waals surface area contributed by atoms with Gasteiger partial charge in [0.15, 0.2) is 5.75 Å². The average Bonchev–Trinajstić information content (AvgIpc) is 2.62. The molecule has 1 aromatic heterocycles. The van der Waals surface area contributed by atoms with Gasteiger partial charge < -0.3 is 10.1 Å². The second-order valence-electron chi connectivity index (χ2n) is 6.43.